The Kier molecular flexibility index (Phi) is 4.58. The molecule has 1 atom stereocenters. The molecule has 0 aliphatic carbocycles. The number of carbonyl (C=O) groups excluding carboxylic acids is 2. The molecule has 0 aromatic heterocycles. The van der Waals surface area contributed by atoms with Crippen molar-refractivity contribution in [3.8, 4) is 0 Å². The molecule has 0 spiro atoms. The number of hydrogen-bond acceptors (Lipinski definition) is 3. The van der Waals surface area contributed by atoms with Gasteiger partial charge >= 0.3 is 6.09 Å². The third kappa shape index (κ3) is 4.31. The van der Waals surface area contributed by atoms with Crippen molar-refractivity contribution < 1.29 is 23.1 Å². The van der Waals surface area contributed by atoms with E-state index in [1.165, 1.54) is 6.07 Å². The highest BCUT2D eigenvalue weighted by atomic mass is 19.1. The van der Waals surface area contributed by atoms with Crippen LogP contribution in [0.2, 0.25) is 0 Å². The maximum absolute atomic E-state index is 13.5. The smallest absolute Gasteiger partial charge is 0.408 e. The molecule has 1 rings (SSSR count). The second kappa shape index (κ2) is 5.77. The first kappa shape index (κ1) is 15.1. The van der Waals surface area contributed by atoms with E-state index in [0.29, 0.717) is 0 Å². The van der Waals surface area contributed by atoms with E-state index in [0.717, 1.165) is 12.1 Å². The van der Waals surface area contributed by atoms with Gasteiger partial charge in [-0.3, -0.25) is 0 Å². The van der Waals surface area contributed by atoms with Crippen molar-refractivity contribution in [3.63, 3.8) is 0 Å². The summed E-state index contributed by atoms with van der Waals surface area (Å²) in [4.78, 5) is 22.4. The molecular weight excluding hydrogens is 256 g/mol. The molecule has 6 heteroatoms. The number of halogens is 2. The summed E-state index contributed by atoms with van der Waals surface area (Å²) in [5, 5.41) is 2.11. The molecule has 1 amide bonds. The Bertz CT molecular complexity index is 463. The molecule has 1 aromatic carbocycles. The molecule has 0 fully saturated rings. The van der Waals surface area contributed by atoms with Crippen LogP contribution in [-0.4, -0.2) is 18.0 Å². The fourth-order valence-electron chi connectivity index (χ4n) is 1.42. The lowest BCUT2D eigenvalue weighted by Gasteiger charge is -2.21. The van der Waals surface area contributed by atoms with Crippen LogP contribution >= 0.6 is 0 Å². The molecule has 1 N–H and O–H groups in total. The van der Waals surface area contributed by atoms with Gasteiger partial charge in [-0.15, -0.1) is 0 Å². The number of aldehydes is 1. The predicted octanol–water partition coefficient (Wildman–Crippen LogP) is 2.73. The number of rotatable bonds is 3. The van der Waals surface area contributed by atoms with Crippen LogP contribution in [0.1, 0.15) is 32.4 Å². The predicted molar refractivity (Wildman–Crippen MR) is 64.5 cm³/mol. The fourth-order valence-corrected chi connectivity index (χ4v) is 1.42. The van der Waals surface area contributed by atoms with Crippen molar-refractivity contribution in [2.75, 3.05) is 0 Å². The highest BCUT2D eigenvalue weighted by molar-refractivity contribution is 5.74. The Labute approximate surface area is 109 Å². The largest absolute Gasteiger partial charge is 0.444 e. The van der Waals surface area contributed by atoms with Crippen LogP contribution in [0.4, 0.5) is 13.6 Å². The van der Waals surface area contributed by atoms with E-state index in [1.807, 2.05) is 0 Å². The number of alkyl carbamates (subject to hydrolysis) is 1. The first-order valence-electron chi connectivity index (χ1n) is 5.63. The average Bonchev–Trinajstić information content (AvgIpc) is 2.24. The minimum absolute atomic E-state index is 0.241. The highest BCUT2D eigenvalue weighted by Gasteiger charge is 2.24. The molecule has 4 nitrogen and oxygen atoms in total. The monoisotopic (exact) mass is 271 g/mol. The van der Waals surface area contributed by atoms with E-state index >= 15 is 0 Å². The van der Waals surface area contributed by atoms with Gasteiger partial charge in [0.25, 0.3) is 0 Å². The summed E-state index contributed by atoms with van der Waals surface area (Å²) in [7, 11) is 0. The molecule has 1 unspecified atom stereocenters. The summed E-state index contributed by atoms with van der Waals surface area (Å²) in [5.74, 6) is -1.82. The first-order chi connectivity index (χ1) is 8.74. The summed E-state index contributed by atoms with van der Waals surface area (Å²) in [6, 6.07) is 1.75. The molecule has 0 saturated heterocycles. The lowest BCUT2D eigenvalue weighted by molar-refractivity contribution is -0.109. The zero-order chi connectivity index (χ0) is 14.6. The van der Waals surface area contributed by atoms with Crippen LogP contribution in [0, 0.1) is 11.6 Å². The summed E-state index contributed by atoms with van der Waals surface area (Å²) in [6.07, 6.45) is -0.682. The summed E-state index contributed by atoms with van der Waals surface area (Å²) in [5.41, 5.74) is -1.28. The van der Waals surface area contributed by atoms with Crippen LogP contribution in [0.15, 0.2) is 18.2 Å². The number of carbonyl (C=O) groups is 2. The van der Waals surface area contributed by atoms with Gasteiger partial charge in [0.2, 0.25) is 0 Å². The third-order valence-corrected chi connectivity index (χ3v) is 2.12. The van der Waals surface area contributed by atoms with Crippen molar-refractivity contribution in [3.05, 3.63) is 35.4 Å². The van der Waals surface area contributed by atoms with Crippen LogP contribution in [0.25, 0.3) is 0 Å². The Balaban J connectivity index is 2.91. The average molecular weight is 271 g/mol. The molecule has 104 valence electrons. The first-order valence-corrected chi connectivity index (χ1v) is 5.63. The summed E-state index contributed by atoms with van der Waals surface area (Å²) >= 11 is 0. The second-order valence-corrected chi connectivity index (χ2v) is 4.90. The molecule has 0 heterocycles. The van der Waals surface area contributed by atoms with E-state index in [-0.39, 0.29) is 6.29 Å². The molecule has 0 radical (unpaired) electrons. The van der Waals surface area contributed by atoms with Gasteiger partial charge in [-0.05, 0) is 32.9 Å². The number of hydrogen-bond donors (Lipinski definition) is 1. The van der Waals surface area contributed by atoms with E-state index in [2.05, 4.69) is 5.32 Å². The quantitative estimate of drug-likeness (QED) is 0.860. The molecular formula is C13H15F2NO3. The number of benzene rings is 1. The van der Waals surface area contributed by atoms with Crippen molar-refractivity contribution in [2.24, 2.45) is 0 Å². The van der Waals surface area contributed by atoms with E-state index in [4.69, 9.17) is 4.74 Å². The molecule has 0 aliphatic heterocycles. The van der Waals surface area contributed by atoms with Gasteiger partial charge in [0.15, 0.2) is 0 Å². The van der Waals surface area contributed by atoms with Gasteiger partial charge in [0.05, 0.1) is 5.56 Å². The zero-order valence-corrected chi connectivity index (χ0v) is 10.9. The normalized spacial score (nSPS) is 12.7. The van der Waals surface area contributed by atoms with Gasteiger partial charge in [-0.2, -0.15) is 0 Å². The fraction of sp³-hybridized carbons (Fsp3) is 0.385. The van der Waals surface area contributed by atoms with Gasteiger partial charge in [0, 0.05) is 0 Å². The lowest BCUT2D eigenvalue weighted by Crippen LogP contribution is -2.36. The maximum Gasteiger partial charge on any atom is 0.408 e. The van der Waals surface area contributed by atoms with Crippen molar-refractivity contribution in [2.45, 2.75) is 32.4 Å². The van der Waals surface area contributed by atoms with Gasteiger partial charge in [0.1, 0.15) is 29.6 Å². The lowest BCUT2D eigenvalue weighted by atomic mass is 10.1. The van der Waals surface area contributed by atoms with E-state index in [9.17, 15) is 18.4 Å². The summed E-state index contributed by atoms with van der Waals surface area (Å²) < 4.78 is 31.9. The molecule has 1 aromatic rings. The topological polar surface area (TPSA) is 55.4 Å². The molecule has 0 saturated carbocycles. The molecule has 19 heavy (non-hydrogen) atoms. The van der Waals surface area contributed by atoms with Crippen LogP contribution in [-0.2, 0) is 9.53 Å². The van der Waals surface area contributed by atoms with Crippen LogP contribution in [0.5, 0.6) is 0 Å². The Morgan fingerprint density at radius 3 is 2.26 bits per heavy atom. The number of nitrogens with one attached hydrogen (secondary N) is 1. The van der Waals surface area contributed by atoms with Gasteiger partial charge in [-0.25, -0.2) is 13.6 Å². The third-order valence-electron chi connectivity index (χ3n) is 2.12. The standard InChI is InChI=1S/C13H15F2NO3/c1-13(2,3)19-12(18)16-10(7-17)11-8(14)5-4-6-9(11)15/h4-7,10H,1-3H3,(H,16,18). The second-order valence-electron chi connectivity index (χ2n) is 4.90. The summed E-state index contributed by atoms with van der Waals surface area (Å²) in [6.45, 7) is 4.89. The van der Waals surface area contributed by atoms with E-state index in [1.54, 1.807) is 20.8 Å². The van der Waals surface area contributed by atoms with Crippen molar-refractivity contribution in [1.29, 1.82) is 0 Å². The minimum atomic E-state index is -1.43. The van der Waals surface area contributed by atoms with Gasteiger partial charge < -0.3 is 14.8 Å². The Morgan fingerprint density at radius 2 is 1.84 bits per heavy atom. The number of ether oxygens (including phenoxy) is 1. The highest BCUT2D eigenvalue weighted by Crippen LogP contribution is 2.20. The zero-order valence-electron chi connectivity index (χ0n) is 10.9. The Hall–Kier alpha value is -1.98. The van der Waals surface area contributed by atoms with Crippen LogP contribution < -0.4 is 5.32 Å². The van der Waals surface area contributed by atoms with E-state index < -0.39 is 34.9 Å². The van der Waals surface area contributed by atoms with Crippen molar-refractivity contribution in [1.82, 2.24) is 5.32 Å². The Morgan fingerprint density at radius 1 is 1.32 bits per heavy atom. The SMILES string of the molecule is CC(C)(C)OC(=O)NC(C=O)c1c(F)cccc1F. The molecule has 0 aliphatic rings. The minimum Gasteiger partial charge on any atom is -0.444 e. The van der Waals surface area contributed by atoms with Crippen LogP contribution in [0.3, 0.4) is 0 Å². The molecule has 0 bridgehead atoms. The maximum atomic E-state index is 13.5. The van der Waals surface area contributed by atoms with Crippen molar-refractivity contribution >= 4 is 12.4 Å². The number of amides is 1. The van der Waals surface area contributed by atoms with Gasteiger partial charge in [-0.1, -0.05) is 6.07 Å².